The molecule has 10 N–H and O–H groups in total. The van der Waals surface area contributed by atoms with Crippen LogP contribution in [0.5, 0.6) is 0 Å². The van der Waals surface area contributed by atoms with E-state index in [0.717, 1.165) is 9.80 Å². The molecule has 1 aliphatic rings. The van der Waals surface area contributed by atoms with Crippen molar-refractivity contribution in [2.75, 3.05) is 26.8 Å². The number of likely N-dealkylation sites (tertiary alicyclic amines) is 1. The SMILES string of the molecule is CN(CC(=O)N1[C@H](CO)[C@H](O)[C@H](O)[C@H](O)[C@H]1CO)C(=N)N.O=S(=O)(O)O. The van der Waals surface area contributed by atoms with Crippen LogP contribution < -0.4 is 5.73 Å². The van der Waals surface area contributed by atoms with Crippen molar-refractivity contribution in [1.82, 2.24) is 9.80 Å². The van der Waals surface area contributed by atoms with Crippen LogP contribution in [0.25, 0.3) is 0 Å². The van der Waals surface area contributed by atoms with Gasteiger partial charge in [0, 0.05) is 7.05 Å². The first-order chi connectivity index (χ1) is 11.8. The average Bonchev–Trinajstić information content (AvgIpc) is 2.50. The second-order valence-electron chi connectivity index (χ2n) is 5.46. The third-order valence-corrected chi connectivity index (χ3v) is 3.65. The number of nitrogens with two attached hydrogens (primary N) is 1. The summed E-state index contributed by atoms with van der Waals surface area (Å²) in [7, 11) is -3.27. The summed E-state index contributed by atoms with van der Waals surface area (Å²) in [5.74, 6) is -1.02. The number of aliphatic hydroxyl groups is 5. The Labute approximate surface area is 149 Å². The lowest BCUT2D eigenvalue weighted by atomic mass is 9.88. The van der Waals surface area contributed by atoms with E-state index in [9.17, 15) is 30.3 Å². The van der Waals surface area contributed by atoms with E-state index in [-0.39, 0.29) is 12.5 Å². The summed E-state index contributed by atoms with van der Waals surface area (Å²) < 4.78 is 31.6. The van der Waals surface area contributed by atoms with Crippen molar-refractivity contribution in [1.29, 1.82) is 5.41 Å². The number of guanidine groups is 1. The molecule has 1 saturated heterocycles. The Bertz CT molecular complexity index is 562. The van der Waals surface area contributed by atoms with Crippen LogP contribution >= 0.6 is 0 Å². The van der Waals surface area contributed by atoms with Gasteiger partial charge in [0.05, 0.1) is 31.8 Å². The molecule has 5 atom stereocenters. The third kappa shape index (κ3) is 6.96. The molecule has 1 amide bonds. The van der Waals surface area contributed by atoms with Crippen LogP contribution in [0.2, 0.25) is 0 Å². The van der Waals surface area contributed by atoms with E-state index in [0.29, 0.717) is 0 Å². The van der Waals surface area contributed by atoms with Crippen LogP contribution in [0.4, 0.5) is 0 Å². The number of hydrogen-bond acceptors (Lipinski definition) is 9. The number of likely N-dealkylation sites (N-methyl/N-ethyl adjacent to an activating group) is 1. The second-order valence-corrected chi connectivity index (χ2v) is 6.36. The monoisotopic (exact) mass is 404 g/mol. The molecule has 0 aromatic heterocycles. The Hall–Kier alpha value is -1.59. The summed E-state index contributed by atoms with van der Waals surface area (Å²) in [4.78, 5) is 14.3. The van der Waals surface area contributed by atoms with E-state index in [4.69, 9.17) is 28.7 Å². The smallest absolute Gasteiger partial charge is 0.394 e. The van der Waals surface area contributed by atoms with Crippen LogP contribution in [0, 0.1) is 5.41 Å². The Morgan fingerprint density at radius 1 is 1.08 bits per heavy atom. The molecule has 0 unspecified atom stereocenters. The maximum absolute atomic E-state index is 12.3. The van der Waals surface area contributed by atoms with Gasteiger partial charge in [-0.1, -0.05) is 0 Å². The van der Waals surface area contributed by atoms with E-state index in [1.807, 2.05) is 0 Å². The summed E-state index contributed by atoms with van der Waals surface area (Å²) in [5, 5.41) is 55.3. The van der Waals surface area contributed by atoms with E-state index in [2.05, 4.69) is 0 Å². The molecule has 1 heterocycles. The number of rotatable bonds is 4. The van der Waals surface area contributed by atoms with Crippen molar-refractivity contribution in [3.05, 3.63) is 0 Å². The van der Waals surface area contributed by atoms with Gasteiger partial charge in [-0.05, 0) is 0 Å². The molecule has 0 aliphatic carbocycles. The number of hydrogen-bond donors (Lipinski definition) is 9. The molecule has 0 saturated carbocycles. The Balaban J connectivity index is 0.00000110. The van der Waals surface area contributed by atoms with Crippen molar-refractivity contribution < 1.29 is 47.9 Å². The summed E-state index contributed by atoms with van der Waals surface area (Å²) in [5.41, 5.74) is 5.23. The van der Waals surface area contributed by atoms with Gasteiger partial charge in [-0.3, -0.25) is 19.3 Å². The molecule has 1 aliphatic heterocycles. The minimum Gasteiger partial charge on any atom is -0.394 e. The molecule has 26 heavy (non-hydrogen) atoms. The van der Waals surface area contributed by atoms with Crippen molar-refractivity contribution in [2.45, 2.75) is 30.4 Å². The first-order valence-electron chi connectivity index (χ1n) is 7.08. The fourth-order valence-electron chi connectivity index (χ4n) is 2.36. The van der Waals surface area contributed by atoms with Gasteiger partial charge in [0.25, 0.3) is 0 Å². The van der Waals surface area contributed by atoms with Gasteiger partial charge < -0.3 is 41.1 Å². The highest BCUT2D eigenvalue weighted by atomic mass is 32.3. The lowest BCUT2D eigenvalue weighted by molar-refractivity contribution is -0.187. The first-order valence-corrected chi connectivity index (χ1v) is 8.48. The van der Waals surface area contributed by atoms with E-state index >= 15 is 0 Å². The second kappa shape index (κ2) is 9.93. The largest absolute Gasteiger partial charge is 0.394 e. The minimum atomic E-state index is -4.67. The van der Waals surface area contributed by atoms with Crippen LogP contribution in [-0.4, -0.2) is 122 Å². The predicted molar refractivity (Wildman–Crippen MR) is 85.3 cm³/mol. The molecule has 0 radical (unpaired) electrons. The minimum absolute atomic E-state index is 0.335. The van der Waals surface area contributed by atoms with Crippen molar-refractivity contribution in [3.8, 4) is 0 Å². The quantitative estimate of drug-likeness (QED) is 0.121. The molecule has 15 heteroatoms. The van der Waals surface area contributed by atoms with Gasteiger partial charge in [0.2, 0.25) is 5.91 Å². The van der Waals surface area contributed by atoms with Crippen LogP contribution in [-0.2, 0) is 15.2 Å². The van der Waals surface area contributed by atoms with Crippen molar-refractivity contribution in [3.63, 3.8) is 0 Å². The Kier molecular flexibility index (Phi) is 9.32. The summed E-state index contributed by atoms with van der Waals surface area (Å²) in [6.07, 6.45) is -4.70. The van der Waals surface area contributed by atoms with Gasteiger partial charge in [-0.2, -0.15) is 8.42 Å². The van der Waals surface area contributed by atoms with E-state index in [1.165, 1.54) is 7.05 Å². The van der Waals surface area contributed by atoms with Gasteiger partial charge in [-0.15, -0.1) is 0 Å². The number of nitrogens with one attached hydrogen (secondary N) is 1. The van der Waals surface area contributed by atoms with Gasteiger partial charge in [0.15, 0.2) is 5.96 Å². The van der Waals surface area contributed by atoms with Crippen LogP contribution in [0.1, 0.15) is 0 Å². The molecule has 154 valence electrons. The maximum atomic E-state index is 12.3. The Morgan fingerprint density at radius 3 is 1.69 bits per heavy atom. The lowest BCUT2D eigenvalue weighted by Gasteiger charge is -2.48. The van der Waals surface area contributed by atoms with Gasteiger partial charge >= 0.3 is 10.4 Å². The highest BCUT2D eigenvalue weighted by Crippen LogP contribution is 2.24. The van der Waals surface area contributed by atoms with Crippen molar-refractivity contribution >= 4 is 22.3 Å². The topological polar surface area (TPSA) is 249 Å². The van der Waals surface area contributed by atoms with E-state index in [1.54, 1.807) is 0 Å². The number of carbonyl (C=O) groups is 1. The van der Waals surface area contributed by atoms with Crippen LogP contribution in [0.15, 0.2) is 0 Å². The zero-order valence-electron chi connectivity index (χ0n) is 13.7. The van der Waals surface area contributed by atoms with Gasteiger partial charge in [-0.25, -0.2) is 0 Å². The normalized spacial score (nSPS) is 28.8. The number of nitrogens with zero attached hydrogens (tertiary/aromatic N) is 2. The Morgan fingerprint density at radius 2 is 1.42 bits per heavy atom. The number of piperidine rings is 1. The standard InChI is InChI=1S/C11H22N4O6.H2O4S/c1-14(11(12)13)2-7(18)15-5(3-16)8(19)10(21)9(20)6(15)4-17;1-5(2,3)4/h5-6,8-10,16-17,19-21H,2-4H2,1H3,(H3,12,13);(H2,1,2,3,4)/t5-,6-,8-,9+,10-;/m1./s1. The predicted octanol–water partition coefficient (Wildman–Crippen LogP) is -5.19. The molecule has 1 fully saturated rings. The molecular weight excluding hydrogens is 380 g/mol. The van der Waals surface area contributed by atoms with Crippen LogP contribution in [0.3, 0.4) is 0 Å². The summed E-state index contributed by atoms with van der Waals surface area (Å²) in [6.45, 7) is -1.65. The zero-order valence-corrected chi connectivity index (χ0v) is 14.6. The fourth-order valence-corrected chi connectivity index (χ4v) is 2.36. The number of amides is 1. The fraction of sp³-hybridized carbons (Fsp3) is 0.818. The number of aliphatic hydroxyl groups excluding tert-OH is 5. The molecule has 0 aromatic carbocycles. The summed E-state index contributed by atoms with van der Waals surface area (Å²) in [6, 6.07) is -2.35. The number of carbonyl (C=O) groups excluding carboxylic acids is 1. The molecule has 0 spiro atoms. The molecule has 0 aromatic rings. The molecular formula is C11H24N4O10S. The van der Waals surface area contributed by atoms with Gasteiger partial charge in [0.1, 0.15) is 18.3 Å². The van der Waals surface area contributed by atoms with Crippen molar-refractivity contribution in [2.24, 2.45) is 5.73 Å². The zero-order chi connectivity index (χ0) is 20.8. The molecule has 1 rings (SSSR count). The lowest BCUT2D eigenvalue weighted by Crippen LogP contribution is -2.70. The average molecular weight is 404 g/mol. The third-order valence-electron chi connectivity index (χ3n) is 3.65. The maximum Gasteiger partial charge on any atom is 0.394 e. The molecule has 14 nitrogen and oxygen atoms in total. The molecule has 0 bridgehead atoms. The first kappa shape index (κ1) is 24.4. The summed E-state index contributed by atoms with van der Waals surface area (Å²) >= 11 is 0. The highest BCUT2D eigenvalue weighted by Gasteiger charge is 2.49. The van der Waals surface area contributed by atoms with E-state index < -0.39 is 59.9 Å². The highest BCUT2D eigenvalue weighted by molar-refractivity contribution is 7.79.